The Kier molecular flexibility index (Phi) is 4.04. The van der Waals surface area contributed by atoms with E-state index in [2.05, 4.69) is 29.4 Å². The van der Waals surface area contributed by atoms with E-state index in [1.807, 2.05) is 24.4 Å². The maximum Gasteiger partial charge on any atom is 0.204 e. The fraction of sp³-hybridized carbons (Fsp3) is 0. The number of hydrogen-bond acceptors (Lipinski definition) is 2. The fourth-order valence-corrected chi connectivity index (χ4v) is 1.20. The molecule has 0 aliphatic rings. The van der Waals surface area contributed by atoms with E-state index < -0.39 is 0 Å². The molecule has 15 heavy (non-hydrogen) atoms. The Labute approximate surface area is 88.2 Å². The van der Waals surface area contributed by atoms with Gasteiger partial charge in [-0.3, -0.25) is 9.78 Å². The minimum absolute atomic E-state index is 0.250. The number of amides is 1. The van der Waals surface area contributed by atoms with E-state index in [1.165, 1.54) is 0 Å². The van der Waals surface area contributed by atoms with Gasteiger partial charge in [-0.05, 0) is 17.7 Å². The lowest BCUT2D eigenvalue weighted by Gasteiger charge is -1.96. The van der Waals surface area contributed by atoms with E-state index >= 15 is 0 Å². The van der Waals surface area contributed by atoms with Gasteiger partial charge in [0.1, 0.15) is 0 Å². The first-order valence-corrected chi connectivity index (χ1v) is 4.44. The van der Waals surface area contributed by atoms with Crippen LogP contribution in [-0.2, 0) is 4.79 Å². The summed E-state index contributed by atoms with van der Waals surface area (Å²) in [4.78, 5) is 12.9. The highest BCUT2D eigenvalue weighted by atomic mass is 16.1. The number of nitrogens with zero attached hydrogens (tertiary/aromatic N) is 1. The normalized spacial score (nSPS) is 8.80. The van der Waals surface area contributed by atoms with Crippen LogP contribution in [0.25, 0.3) is 17.0 Å². The van der Waals surface area contributed by atoms with Crippen LogP contribution in [0, 0.1) is 0 Å². The summed E-state index contributed by atoms with van der Waals surface area (Å²) in [6.45, 7) is 3.70. The number of aromatic nitrogens is 1. The number of pyridine rings is 1. The molecule has 1 heterocycles. The molecule has 0 radical (unpaired) electrons. The van der Waals surface area contributed by atoms with Gasteiger partial charge in [0.2, 0.25) is 6.41 Å². The third-order valence-corrected chi connectivity index (χ3v) is 1.85. The first-order chi connectivity index (χ1) is 7.31. The molecule has 3 heteroatoms. The van der Waals surface area contributed by atoms with Crippen LogP contribution in [0.5, 0.6) is 0 Å². The first kappa shape index (κ1) is 10.9. The maximum atomic E-state index is 8.58. The molecule has 0 saturated carbocycles. The van der Waals surface area contributed by atoms with Gasteiger partial charge in [0.05, 0.1) is 5.52 Å². The molecule has 1 aromatic carbocycles. The zero-order valence-electron chi connectivity index (χ0n) is 8.26. The summed E-state index contributed by atoms with van der Waals surface area (Å²) in [7, 11) is 0. The van der Waals surface area contributed by atoms with Gasteiger partial charge in [0, 0.05) is 11.6 Å². The Morgan fingerprint density at radius 2 is 2.00 bits per heavy atom. The molecule has 0 unspecified atom stereocenters. The van der Waals surface area contributed by atoms with Gasteiger partial charge in [-0.2, -0.15) is 0 Å². The number of benzene rings is 1. The first-order valence-electron chi connectivity index (χ1n) is 4.44. The van der Waals surface area contributed by atoms with Gasteiger partial charge < -0.3 is 5.73 Å². The van der Waals surface area contributed by atoms with Crippen molar-refractivity contribution >= 4 is 23.4 Å². The average molecular weight is 200 g/mol. The van der Waals surface area contributed by atoms with Crippen molar-refractivity contribution in [1.82, 2.24) is 4.98 Å². The second-order valence-corrected chi connectivity index (χ2v) is 2.80. The van der Waals surface area contributed by atoms with Crippen LogP contribution in [0.2, 0.25) is 0 Å². The molecule has 0 aliphatic heterocycles. The van der Waals surface area contributed by atoms with Crippen LogP contribution < -0.4 is 5.73 Å². The molecular weight excluding hydrogens is 188 g/mol. The van der Waals surface area contributed by atoms with Crippen molar-refractivity contribution in [2.75, 3.05) is 0 Å². The van der Waals surface area contributed by atoms with Gasteiger partial charge in [-0.15, -0.1) is 0 Å². The van der Waals surface area contributed by atoms with Crippen molar-refractivity contribution in [1.29, 1.82) is 0 Å². The predicted molar refractivity (Wildman–Crippen MR) is 62.1 cm³/mol. The summed E-state index contributed by atoms with van der Waals surface area (Å²) in [5, 5.41) is 1.16. The number of hydrogen-bond donors (Lipinski definition) is 1. The molecule has 0 bridgehead atoms. The zero-order chi connectivity index (χ0) is 11.1. The van der Waals surface area contributed by atoms with Gasteiger partial charge in [0.25, 0.3) is 0 Å². The highest BCUT2D eigenvalue weighted by Crippen LogP contribution is 2.12. The van der Waals surface area contributed by atoms with Crippen molar-refractivity contribution in [3.8, 4) is 0 Å². The Hall–Kier alpha value is -2.16. The van der Waals surface area contributed by atoms with Crippen LogP contribution in [0.4, 0.5) is 0 Å². The highest BCUT2D eigenvalue weighted by molar-refractivity contribution is 5.80. The van der Waals surface area contributed by atoms with Crippen molar-refractivity contribution in [3.05, 3.63) is 48.7 Å². The molecule has 1 amide bonds. The summed E-state index contributed by atoms with van der Waals surface area (Å²) in [6, 6.07) is 10.1. The molecule has 2 N–H and O–H groups in total. The lowest BCUT2D eigenvalue weighted by molar-refractivity contribution is -0.106. The van der Waals surface area contributed by atoms with Gasteiger partial charge in [-0.25, -0.2) is 0 Å². The van der Waals surface area contributed by atoms with Crippen LogP contribution >= 0.6 is 0 Å². The second-order valence-electron chi connectivity index (χ2n) is 2.80. The summed E-state index contributed by atoms with van der Waals surface area (Å²) in [5.41, 5.74) is 6.26. The maximum absolute atomic E-state index is 8.58. The topological polar surface area (TPSA) is 56.0 Å². The van der Waals surface area contributed by atoms with Crippen LogP contribution in [0.15, 0.2) is 43.1 Å². The average Bonchev–Trinajstić information content (AvgIpc) is 2.29. The zero-order valence-corrected chi connectivity index (χ0v) is 8.26. The van der Waals surface area contributed by atoms with Gasteiger partial charge in [-0.1, -0.05) is 30.9 Å². The molecule has 76 valence electrons. The largest absolute Gasteiger partial charge is 0.372 e. The van der Waals surface area contributed by atoms with E-state index in [-0.39, 0.29) is 6.41 Å². The van der Waals surface area contributed by atoms with E-state index in [9.17, 15) is 0 Å². The van der Waals surface area contributed by atoms with E-state index in [0.717, 1.165) is 16.5 Å². The Morgan fingerprint density at radius 1 is 1.33 bits per heavy atom. The summed E-state index contributed by atoms with van der Waals surface area (Å²) in [6.07, 6.45) is 3.88. The van der Waals surface area contributed by atoms with Crippen molar-refractivity contribution in [3.63, 3.8) is 0 Å². The van der Waals surface area contributed by atoms with E-state index in [1.54, 1.807) is 6.08 Å². The van der Waals surface area contributed by atoms with Gasteiger partial charge >= 0.3 is 0 Å². The molecule has 3 nitrogen and oxygen atoms in total. The fourth-order valence-electron chi connectivity index (χ4n) is 1.20. The van der Waals surface area contributed by atoms with Crippen molar-refractivity contribution in [2.24, 2.45) is 5.73 Å². The molecule has 1 aromatic heterocycles. The van der Waals surface area contributed by atoms with Crippen LogP contribution in [0.1, 0.15) is 5.56 Å². The van der Waals surface area contributed by atoms with E-state index in [0.29, 0.717) is 0 Å². The number of fused-ring (bicyclic) bond motifs is 1. The minimum atomic E-state index is 0.250. The molecule has 0 saturated heterocycles. The molecule has 0 atom stereocenters. The lowest BCUT2D eigenvalue weighted by Crippen LogP contribution is -1.82. The third-order valence-electron chi connectivity index (χ3n) is 1.85. The summed E-state index contributed by atoms with van der Waals surface area (Å²) >= 11 is 0. The molecule has 2 aromatic rings. The Morgan fingerprint density at radius 3 is 2.67 bits per heavy atom. The van der Waals surface area contributed by atoms with Crippen LogP contribution in [-0.4, -0.2) is 11.4 Å². The monoisotopic (exact) mass is 200 g/mol. The Bertz CT molecular complexity index is 466. The number of primary amides is 1. The smallest absolute Gasteiger partial charge is 0.204 e. The highest BCUT2D eigenvalue weighted by Gasteiger charge is 1.92. The Balaban J connectivity index is 0.000000337. The van der Waals surface area contributed by atoms with Crippen molar-refractivity contribution in [2.45, 2.75) is 0 Å². The standard InChI is InChI=1S/C11H9N.CH3NO/c1-2-9-7-10-5-3-4-6-11(10)12-8-9;2-1-3/h2-8H,1H2;1H,(H2,2,3). The second kappa shape index (κ2) is 5.54. The predicted octanol–water partition coefficient (Wildman–Crippen LogP) is 1.98. The number of carbonyl (C=O) groups excluding carboxylic acids is 1. The number of nitrogens with two attached hydrogens (primary N) is 1. The van der Waals surface area contributed by atoms with Gasteiger partial charge in [0.15, 0.2) is 0 Å². The lowest BCUT2D eigenvalue weighted by atomic mass is 10.2. The quantitative estimate of drug-likeness (QED) is 0.715. The summed E-state index contributed by atoms with van der Waals surface area (Å²) in [5.74, 6) is 0. The van der Waals surface area contributed by atoms with Crippen molar-refractivity contribution < 1.29 is 4.79 Å². The van der Waals surface area contributed by atoms with E-state index in [4.69, 9.17) is 4.79 Å². The summed E-state index contributed by atoms with van der Waals surface area (Å²) < 4.78 is 0. The molecule has 0 aliphatic carbocycles. The third kappa shape index (κ3) is 2.91. The molecule has 0 fully saturated rings. The minimum Gasteiger partial charge on any atom is -0.372 e. The number of carbonyl (C=O) groups is 1. The number of para-hydroxylation sites is 1. The molecular formula is C12H12N2O. The molecule has 2 rings (SSSR count). The van der Waals surface area contributed by atoms with Crippen LogP contribution in [0.3, 0.4) is 0 Å². The number of rotatable bonds is 1. The molecule has 0 spiro atoms. The SMILES string of the molecule is C=Cc1cnc2ccccc2c1.NC=O.